The van der Waals surface area contributed by atoms with Crippen LogP contribution in [0.4, 0.5) is 4.79 Å². The highest BCUT2D eigenvalue weighted by Crippen LogP contribution is 2.19. The van der Waals surface area contributed by atoms with Crippen LogP contribution < -0.4 is 15.4 Å². The first-order chi connectivity index (χ1) is 12.5. The average Bonchev–Trinajstić information content (AvgIpc) is 3.12. The van der Waals surface area contributed by atoms with Crippen LogP contribution in [-0.4, -0.2) is 37.2 Å². The van der Waals surface area contributed by atoms with Crippen LogP contribution >= 0.6 is 0 Å². The van der Waals surface area contributed by atoms with Gasteiger partial charge in [0.2, 0.25) is 0 Å². The summed E-state index contributed by atoms with van der Waals surface area (Å²) in [5, 5.41) is 4.97. The maximum Gasteiger partial charge on any atom is 0.321 e. The Bertz CT molecular complexity index is 641. The highest BCUT2D eigenvalue weighted by atomic mass is 16.5. The summed E-state index contributed by atoms with van der Waals surface area (Å²) in [7, 11) is 1.57. The molecule has 1 aliphatic carbocycles. The molecule has 0 saturated heterocycles. The lowest BCUT2D eigenvalue weighted by molar-refractivity contribution is -0.154. The third-order valence-electron chi connectivity index (χ3n) is 4.40. The van der Waals surface area contributed by atoms with Crippen molar-refractivity contribution in [3.8, 4) is 5.75 Å². The fourth-order valence-corrected chi connectivity index (χ4v) is 2.96. The van der Waals surface area contributed by atoms with Crippen molar-refractivity contribution < 1.29 is 23.9 Å². The number of carbonyl (C=O) groups is 3. The number of rotatable bonds is 7. The molecule has 0 aromatic heterocycles. The van der Waals surface area contributed by atoms with Crippen LogP contribution in [-0.2, 0) is 20.7 Å². The van der Waals surface area contributed by atoms with E-state index >= 15 is 0 Å². The second-order valence-electron chi connectivity index (χ2n) is 6.39. The summed E-state index contributed by atoms with van der Waals surface area (Å²) in [6, 6.07) is 6.97. The zero-order valence-electron chi connectivity index (χ0n) is 15.2. The number of hydrogen-bond acceptors (Lipinski definition) is 5. The number of benzene rings is 1. The molecule has 3 amide bonds. The molecule has 1 fully saturated rings. The fourth-order valence-electron chi connectivity index (χ4n) is 2.96. The van der Waals surface area contributed by atoms with Gasteiger partial charge in [-0.25, -0.2) is 4.79 Å². The van der Waals surface area contributed by atoms with Crippen LogP contribution in [0.1, 0.15) is 44.6 Å². The van der Waals surface area contributed by atoms with E-state index in [0.717, 1.165) is 31.2 Å². The highest BCUT2D eigenvalue weighted by Gasteiger charge is 2.22. The summed E-state index contributed by atoms with van der Waals surface area (Å²) in [5.74, 6) is -0.435. The van der Waals surface area contributed by atoms with Crippen LogP contribution in [0.3, 0.4) is 0 Å². The van der Waals surface area contributed by atoms with E-state index in [-0.39, 0.29) is 12.5 Å². The summed E-state index contributed by atoms with van der Waals surface area (Å²) >= 11 is 0. The summed E-state index contributed by atoms with van der Waals surface area (Å²) < 4.78 is 10.3. The quantitative estimate of drug-likeness (QED) is 0.726. The minimum Gasteiger partial charge on any atom is -0.496 e. The van der Waals surface area contributed by atoms with Gasteiger partial charge in [-0.3, -0.25) is 14.9 Å². The largest absolute Gasteiger partial charge is 0.496 e. The van der Waals surface area contributed by atoms with Gasteiger partial charge in [-0.15, -0.1) is 0 Å². The van der Waals surface area contributed by atoms with Gasteiger partial charge in [0.15, 0.2) is 6.10 Å². The van der Waals surface area contributed by atoms with Gasteiger partial charge in [-0.05, 0) is 37.8 Å². The average molecular weight is 362 g/mol. The van der Waals surface area contributed by atoms with Crippen molar-refractivity contribution in [2.45, 2.75) is 57.6 Å². The van der Waals surface area contributed by atoms with E-state index in [1.807, 2.05) is 24.3 Å². The zero-order chi connectivity index (χ0) is 18.9. The molecular formula is C19H26N2O5. The number of amides is 3. The second-order valence-corrected chi connectivity index (χ2v) is 6.39. The molecule has 0 aliphatic heterocycles. The molecule has 1 aliphatic rings. The molecule has 2 N–H and O–H groups in total. The molecule has 1 aromatic carbocycles. The van der Waals surface area contributed by atoms with Crippen molar-refractivity contribution >= 4 is 17.9 Å². The molecule has 0 radical (unpaired) electrons. The van der Waals surface area contributed by atoms with Crippen molar-refractivity contribution in [2.75, 3.05) is 7.11 Å². The van der Waals surface area contributed by atoms with Crippen LogP contribution in [0.25, 0.3) is 0 Å². The Morgan fingerprint density at radius 2 is 1.88 bits per heavy atom. The van der Waals surface area contributed by atoms with E-state index in [1.54, 1.807) is 7.11 Å². The van der Waals surface area contributed by atoms with Crippen molar-refractivity contribution in [3.63, 3.8) is 0 Å². The number of nitrogens with one attached hydrogen (secondary N) is 2. The van der Waals surface area contributed by atoms with E-state index in [1.165, 1.54) is 6.92 Å². The lowest BCUT2D eigenvalue weighted by Gasteiger charge is -2.15. The molecule has 26 heavy (non-hydrogen) atoms. The number of imide groups is 1. The Labute approximate surface area is 153 Å². The summed E-state index contributed by atoms with van der Waals surface area (Å²) in [5.41, 5.74) is 0.889. The molecule has 7 nitrogen and oxygen atoms in total. The van der Waals surface area contributed by atoms with Crippen LogP contribution in [0, 0.1) is 0 Å². The number of hydrogen-bond donors (Lipinski definition) is 2. The topological polar surface area (TPSA) is 93.7 Å². The van der Waals surface area contributed by atoms with E-state index < -0.39 is 24.0 Å². The SMILES string of the molecule is COc1ccccc1CCC(=O)O[C@H](C)C(=O)NC(=O)NC1CCCC1. The Balaban J connectivity index is 1.73. The van der Waals surface area contributed by atoms with E-state index in [4.69, 9.17) is 9.47 Å². The third kappa shape index (κ3) is 6.06. The van der Waals surface area contributed by atoms with Crippen LogP contribution in [0.15, 0.2) is 24.3 Å². The van der Waals surface area contributed by atoms with E-state index in [9.17, 15) is 14.4 Å². The first kappa shape index (κ1) is 19.8. The molecule has 1 saturated carbocycles. The molecule has 1 aromatic rings. The van der Waals surface area contributed by atoms with Gasteiger partial charge in [0, 0.05) is 12.5 Å². The van der Waals surface area contributed by atoms with Crippen molar-refractivity contribution in [1.82, 2.24) is 10.6 Å². The smallest absolute Gasteiger partial charge is 0.321 e. The lowest BCUT2D eigenvalue weighted by Crippen LogP contribution is -2.47. The molecular weight excluding hydrogens is 336 g/mol. The number of ether oxygens (including phenoxy) is 2. The minimum absolute atomic E-state index is 0.113. The molecule has 0 bridgehead atoms. The molecule has 0 unspecified atom stereocenters. The predicted molar refractivity (Wildman–Crippen MR) is 95.8 cm³/mol. The normalized spacial score (nSPS) is 15.2. The molecule has 0 heterocycles. The number of aryl methyl sites for hydroxylation is 1. The van der Waals surface area contributed by atoms with Gasteiger partial charge >= 0.3 is 12.0 Å². The molecule has 2 rings (SSSR count). The predicted octanol–water partition coefficient (Wildman–Crippen LogP) is 2.33. The monoisotopic (exact) mass is 362 g/mol. The Hall–Kier alpha value is -2.57. The number of esters is 1. The zero-order valence-corrected chi connectivity index (χ0v) is 15.2. The molecule has 1 atom stereocenters. The van der Waals surface area contributed by atoms with Gasteiger partial charge in [0.25, 0.3) is 5.91 Å². The third-order valence-corrected chi connectivity index (χ3v) is 4.40. The highest BCUT2D eigenvalue weighted by molar-refractivity contribution is 5.97. The number of carbonyl (C=O) groups excluding carboxylic acids is 3. The summed E-state index contributed by atoms with van der Waals surface area (Å²) in [4.78, 5) is 35.7. The summed E-state index contributed by atoms with van der Waals surface area (Å²) in [6.45, 7) is 1.44. The van der Waals surface area contributed by atoms with Gasteiger partial charge in [0.1, 0.15) is 5.75 Å². The van der Waals surface area contributed by atoms with E-state index in [0.29, 0.717) is 12.2 Å². The van der Waals surface area contributed by atoms with Gasteiger partial charge < -0.3 is 14.8 Å². The minimum atomic E-state index is -1.03. The van der Waals surface area contributed by atoms with Crippen LogP contribution in [0.2, 0.25) is 0 Å². The molecule has 0 spiro atoms. The Kier molecular flexibility index (Phi) is 7.44. The maximum atomic E-state index is 12.0. The van der Waals surface area contributed by atoms with Crippen LogP contribution in [0.5, 0.6) is 5.75 Å². The first-order valence-electron chi connectivity index (χ1n) is 8.92. The second kappa shape index (κ2) is 9.79. The lowest BCUT2D eigenvalue weighted by atomic mass is 10.1. The van der Waals surface area contributed by atoms with Crippen molar-refractivity contribution in [2.24, 2.45) is 0 Å². The molecule has 7 heteroatoms. The number of urea groups is 1. The van der Waals surface area contributed by atoms with Crippen molar-refractivity contribution in [1.29, 1.82) is 0 Å². The first-order valence-corrected chi connectivity index (χ1v) is 8.92. The standard InChI is InChI=1S/C19H26N2O5/c1-13(18(23)21-19(24)20-15-8-4-5-9-15)26-17(22)12-11-14-7-3-6-10-16(14)25-2/h3,6-7,10,13,15H,4-5,8-9,11-12H2,1-2H3,(H2,20,21,23,24)/t13-/m1/s1. The Morgan fingerprint density at radius 3 is 2.58 bits per heavy atom. The number of methoxy groups -OCH3 is 1. The maximum absolute atomic E-state index is 12.0. The molecule has 142 valence electrons. The van der Waals surface area contributed by atoms with E-state index in [2.05, 4.69) is 10.6 Å². The fraction of sp³-hybridized carbons (Fsp3) is 0.526. The summed E-state index contributed by atoms with van der Waals surface area (Å²) in [6.07, 6.45) is 3.54. The van der Waals surface area contributed by atoms with Gasteiger partial charge in [-0.2, -0.15) is 0 Å². The van der Waals surface area contributed by atoms with Gasteiger partial charge in [0.05, 0.1) is 7.11 Å². The van der Waals surface area contributed by atoms with Crippen molar-refractivity contribution in [3.05, 3.63) is 29.8 Å². The number of para-hydroxylation sites is 1. The Morgan fingerprint density at radius 1 is 1.19 bits per heavy atom. The van der Waals surface area contributed by atoms with Gasteiger partial charge in [-0.1, -0.05) is 31.0 Å².